The molecule has 0 fully saturated rings. The van der Waals surface area contributed by atoms with Crippen LogP contribution in [-0.4, -0.2) is 48.1 Å². The maximum atomic E-state index is 10.7. The van der Waals surface area contributed by atoms with Crippen molar-refractivity contribution in [3.63, 3.8) is 0 Å². The Morgan fingerprint density at radius 1 is 1.14 bits per heavy atom. The predicted octanol–water partition coefficient (Wildman–Crippen LogP) is 6.30. The van der Waals surface area contributed by atoms with E-state index in [0.29, 0.717) is 43.6 Å². The summed E-state index contributed by atoms with van der Waals surface area (Å²) in [5.74, 6) is 1.56. The monoisotopic (exact) mass is 503 g/mol. The van der Waals surface area contributed by atoms with Gasteiger partial charge in [-0.1, -0.05) is 47.0 Å². The van der Waals surface area contributed by atoms with E-state index in [1.807, 2.05) is 19.9 Å². The summed E-state index contributed by atoms with van der Waals surface area (Å²) in [6, 6.07) is 6.01. The Labute approximate surface area is 216 Å². The van der Waals surface area contributed by atoms with Crippen LogP contribution in [0, 0.1) is 0 Å². The maximum absolute atomic E-state index is 10.7. The quantitative estimate of drug-likeness (QED) is 0.288. The number of carbonyl (C=O) groups excluding carboxylic acids is 1. The van der Waals surface area contributed by atoms with Gasteiger partial charge >= 0.3 is 0 Å². The Morgan fingerprint density at radius 3 is 2.53 bits per heavy atom. The van der Waals surface area contributed by atoms with Crippen molar-refractivity contribution >= 4 is 12.3 Å². The van der Waals surface area contributed by atoms with Crippen molar-refractivity contribution < 1.29 is 24.1 Å². The van der Waals surface area contributed by atoms with Gasteiger partial charge in [0.25, 0.3) is 6.47 Å². The van der Waals surface area contributed by atoms with Gasteiger partial charge in [0.2, 0.25) is 0 Å². The highest BCUT2D eigenvalue weighted by atomic mass is 16.5. The van der Waals surface area contributed by atoms with Gasteiger partial charge in [-0.15, -0.1) is 10.2 Å². The normalized spacial score (nSPS) is 12.9. The van der Waals surface area contributed by atoms with Crippen LogP contribution in [-0.2, 0) is 27.3 Å². The summed E-state index contributed by atoms with van der Waals surface area (Å²) in [4.78, 5) is 9.18. The SMILES string of the molecule is CC.CCCCCC(CC)Nc1cc2c(nn1)-c1c(O)cc(OC)cc1COCCC2.CCOC=O. The molecule has 0 amide bonds. The number of fused-ring (bicyclic) bond motifs is 3. The number of carbonyl (C=O) groups is 1. The lowest BCUT2D eigenvalue weighted by atomic mass is 9.97. The summed E-state index contributed by atoms with van der Waals surface area (Å²) in [6.45, 7) is 12.2. The molecule has 0 bridgehead atoms. The van der Waals surface area contributed by atoms with Gasteiger partial charge in [-0.25, -0.2) is 0 Å². The third kappa shape index (κ3) is 10.0. The lowest BCUT2D eigenvalue weighted by molar-refractivity contribution is -0.128. The zero-order valence-corrected chi connectivity index (χ0v) is 22.9. The minimum Gasteiger partial charge on any atom is -0.507 e. The van der Waals surface area contributed by atoms with Gasteiger partial charge in [0.15, 0.2) is 0 Å². The molecule has 8 heteroatoms. The molecule has 3 rings (SSSR count). The second-order valence-corrected chi connectivity index (χ2v) is 8.24. The second kappa shape index (κ2) is 18.4. The maximum Gasteiger partial charge on any atom is 0.293 e. The first-order valence-electron chi connectivity index (χ1n) is 13.2. The fourth-order valence-electron chi connectivity index (χ4n) is 3.91. The lowest BCUT2D eigenvalue weighted by Gasteiger charge is -2.19. The molecule has 0 saturated heterocycles. The fraction of sp³-hybridized carbons (Fsp3) is 0.607. The van der Waals surface area contributed by atoms with Crippen LogP contribution >= 0.6 is 0 Å². The topological polar surface area (TPSA) is 103 Å². The third-order valence-corrected chi connectivity index (χ3v) is 5.75. The van der Waals surface area contributed by atoms with Gasteiger partial charge in [0.05, 0.1) is 20.3 Å². The molecule has 0 saturated carbocycles. The molecule has 36 heavy (non-hydrogen) atoms. The number of phenolic OH excluding ortho intramolecular Hbond substituents is 1. The molecular formula is C28H45N3O5. The van der Waals surface area contributed by atoms with Crippen molar-refractivity contribution in [2.75, 3.05) is 25.6 Å². The second-order valence-electron chi connectivity index (χ2n) is 8.24. The van der Waals surface area contributed by atoms with Crippen LogP contribution in [0.4, 0.5) is 5.82 Å². The van der Waals surface area contributed by atoms with E-state index in [1.165, 1.54) is 19.3 Å². The van der Waals surface area contributed by atoms with E-state index < -0.39 is 0 Å². The number of anilines is 1. The Bertz CT molecular complexity index is 892. The highest BCUT2D eigenvalue weighted by molar-refractivity contribution is 5.75. The van der Waals surface area contributed by atoms with E-state index in [0.717, 1.165) is 48.3 Å². The largest absolute Gasteiger partial charge is 0.507 e. The van der Waals surface area contributed by atoms with Gasteiger partial charge in [-0.05, 0) is 55.9 Å². The number of methoxy groups -OCH3 is 1. The Morgan fingerprint density at radius 2 is 1.92 bits per heavy atom. The molecule has 1 aliphatic rings. The van der Waals surface area contributed by atoms with Crippen molar-refractivity contribution in [2.45, 2.75) is 92.2 Å². The van der Waals surface area contributed by atoms with Crippen LogP contribution < -0.4 is 10.1 Å². The van der Waals surface area contributed by atoms with Gasteiger partial charge in [0, 0.05) is 24.3 Å². The van der Waals surface area contributed by atoms with E-state index in [-0.39, 0.29) is 5.75 Å². The van der Waals surface area contributed by atoms with Gasteiger partial charge in [-0.3, -0.25) is 4.79 Å². The Hall–Kier alpha value is -2.87. The number of aryl methyl sites for hydroxylation is 1. The van der Waals surface area contributed by atoms with Gasteiger partial charge in [-0.2, -0.15) is 0 Å². The van der Waals surface area contributed by atoms with Crippen LogP contribution in [0.15, 0.2) is 18.2 Å². The van der Waals surface area contributed by atoms with Crippen molar-refractivity contribution in [1.29, 1.82) is 0 Å². The molecule has 1 aromatic carbocycles. The summed E-state index contributed by atoms with van der Waals surface area (Å²) >= 11 is 0. The van der Waals surface area contributed by atoms with Crippen LogP contribution in [0.2, 0.25) is 0 Å². The number of hydrogen-bond donors (Lipinski definition) is 2. The molecule has 0 radical (unpaired) electrons. The molecule has 1 atom stereocenters. The predicted molar refractivity (Wildman–Crippen MR) is 145 cm³/mol. The van der Waals surface area contributed by atoms with Crippen LogP contribution in [0.3, 0.4) is 0 Å². The first-order valence-corrected chi connectivity index (χ1v) is 13.2. The zero-order chi connectivity index (χ0) is 26.8. The van der Waals surface area contributed by atoms with Crippen molar-refractivity contribution in [1.82, 2.24) is 10.2 Å². The molecule has 1 unspecified atom stereocenters. The molecule has 202 valence electrons. The molecule has 0 aliphatic carbocycles. The highest BCUT2D eigenvalue weighted by Crippen LogP contribution is 2.38. The number of benzene rings is 1. The summed E-state index contributed by atoms with van der Waals surface area (Å²) in [7, 11) is 1.59. The lowest BCUT2D eigenvalue weighted by Crippen LogP contribution is -2.19. The number of phenols is 1. The van der Waals surface area contributed by atoms with Crippen LogP contribution in [0.5, 0.6) is 11.5 Å². The molecule has 1 aliphatic heterocycles. The smallest absolute Gasteiger partial charge is 0.293 e. The molecule has 2 aromatic rings. The zero-order valence-electron chi connectivity index (χ0n) is 22.9. The number of ether oxygens (including phenoxy) is 3. The van der Waals surface area contributed by atoms with Gasteiger partial charge < -0.3 is 24.6 Å². The molecule has 0 spiro atoms. The first kappa shape index (κ1) is 31.2. The number of aromatic nitrogens is 2. The summed E-state index contributed by atoms with van der Waals surface area (Å²) in [6.07, 6.45) is 7.63. The van der Waals surface area contributed by atoms with Crippen molar-refractivity contribution in [3.05, 3.63) is 29.3 Å². The Kier molecular flexibility index (Phi) is 15.9. The number of aromatic hydroxyl groups is 1. The Balaban J connectivity index is 0.000000826. The average molecular weight is 504 g/mol. The molecule has 2 N–H and O–H groups in total. The minimum absolute atomic E-state index is 0.145. The van der Waals surface area contributed by atoms with Crippen LogP contribution in [0.25, 0.3) is 11.3 Å². The van der Waals surface area contributed by atoms with Gasteiger partial charge in [0.1, 0.15) is 23.0 Å². The number of unbranched alkanes of at least 4 members (excludes halogenated alkanes) is 2. The standard InChI is InChI=1S/C23H33N3O3.C3H6O2.C2H6/c1-4-6-7-10-18(5-2)24-21-13-16-9-8-11-29-15-17-12-19(28-3)14-20(27)22(17)23(16)26-25-21;1-2-5-3-4;1-2/h12-14,18,27H,4-11,15H2,1-3H3,(H,24,25);3H,2H2,1H3;1-2H3. The van der Waals surface area contributed by atoms with E-state index >= 15 is 0 Å². The number of nitrogens with one attached hydrogen (secondary N) is 1. The average Bonchev–Trinajstić information content (AvgIpc) is 2.98. The van der Waals surface area contributed by atoms with Crippen molar-refractivity contribution in [2.24, 2.45) is 0 Å². The van der Waals surface area contributed by atoms with E-state index in [4.69, 9.17) is 9.47 Å². The van der Waals surface area contributed by atoms with E-state index in [9.17, 15) is 9.90 Å². The van der Waals surface area contributed by atoms with Crippen molar-refractivity contribution in [3.8, 4) is 22.8 Å². The number of rotatable bonds is 10. The number of nitrogens with zero attached hydrogens (tertiary/aromatic N) is 2. The highest BCUT2D eigenvalue weighted by Gasteiger charge is 2.21. The van der Waals surface area contributed by atoms with E-state index in [2.05, 4.69) is 40.2 Å². The first-order chi connectivity index (χ1) is 17.6. The summed E-state index contributed by atoms with van der Waals surface area (Å²) in [5, 5.41) is 23.2. The minimum atomic E-state index is 0.145. The molecule has 2 heterocycles. The summed E-state index contributed by atoms with van der Waals surface area (Å²) < 4.78 is 15.3. The molecule has 8 nitrogen and oxygen atoms in total. The fourth-order valence-corrected chi connectivity index (χ4v) is 3.91. The van der Waals surface area contributed by atoms with Crippen LogP contribution in [0.1, 0.15) is 84.3 Å². The number of hydrogen-bond acceptors (Lipinski definition) is 8. The molecular weight excluding hydrogens is 458 g/mol. The summed E-state index contributed by atoms with van der Waals surface area (Å²) in [5.41, 5.74) is 3.37. The van der Waals surface area contributed by atoms with E-state index in [1.54, 1.807) is 20.1 Å². The third-order valence-electron chi connectivity index (χ3n) is 5.75. The molecule has 1 aromatic heterocycles.